The van der Waals surface area contributed by atoms with Crippen LogP contribution in [0.15, 0.2) is 58.3 Å². The third-order valence-corrected chi connectivity index (χ3v) is 5.76. The van der Waals surface area contributed by atoms with Crippen LogP contribution in [-0.4, -0.2) is 44.4 Å². The minimum Gasteiger partial charge on any atom is -0.465 e. The standard InChI is InChI=1S/C22H20N4O4S/c1-13-18(21(28)29-3)14(2)23-19(13)16(27)12-31-22-25-24-20(17-10-7-11-30-17)26(22)15-8-5-4-6-9-15/h4-11,23H,12H2,1-3H3. The number of nitrogens with zero attached hydrogens (tertiary/aromatic N) is 3. The van der Waals surface area contributed by atoms with Crippen LogP contribution in [0.1, 0.15) is 32.1 Å². The van der Waals surface area contributed by atoms with E-state index in [4.69, 9.17) is 9.15 Å². The van der Waals surface area contributed by atoms with Crippen LogP contribution in [0, 0.1) is 13.8 Å². The molecule has 0 saturated heterocycles. The number of H-pyrrole nitrogens is 1. The molecule has 158 valence electrons. The number of benzene rings is 1. The highest BCUT2D eigenvalue weighted by atomic mass is 32.2. The first-order chi connectivity index (χ1) is 15.0. The molecule has 4 rings (SSSR count). The predicted octanol–water partition coefficient (Wildman–Crippen LogP) is 4.23. The van der Waals surface area contributed by atoms with Gasteiger partial charge in [0.1, 0.15) is 0 Å². The summed E-state index contributed by atoms with van der Waals surface area (Å²) in [6.07, 6.45) is 1.57. The van der Waals surface area contributed by atoms with Gasteiger partial charge >= 0.3 is 5.97 Å². The van der Waals surface area contributed by atoms with E-state index < -0.39 is 5.97 Å². The predicted molar refractivity (Wildman–Crippen MR) is 116 cm³/mol. The van der Waals surface area contributed by atoms with Gasteiger partial charge in [-0.25, -0.2) is 4.79 Å². The number of aromatic nitrogens is 4. The summed E-state index contributed by atoms with van der Waals surface area (Å²) in [5, 5.41) is 9.11. The van der Waals surface area contributed by atoms with E-state index in [1.54, 1.807) is 26.2 Å². The molecule has 0 unspecified atom stereocenters. The number of hydrogen-bond acceptors (Lipinski definition) is 7. The van der Waals surface area contributed by atoms with E-state index in [1.165, 1.54) is 18.9 Å². The maximum Gasteiger partial charge on any atom is 0.339 e. The first kappa shape index (κ1) is 20.7. The molecule has 0 aliphatic rings. The fourth-order valence-corrected chi connectivity index (χ4v) is 4.20. The van der Waals surface area contributed by atoms with Crippen molar-refractivity contribution in [2.75, 3.05) is 12.9 Å². The van der Waals surface area contributed by atoms with Gasteiger partial charge in [-0.2, -0.15) is 0 Å². The fourth-order valence-electron chi connectivity index (χ4n) is 3.38. The third kappa shape index (κ3) is 3.91. The summed E-state index contributed by atoms with van der Waals surface area (Å²) < 4.78 is 12.2. The number of carbonyl (C=O) groups excluding carboxylic acids is 2. The number of para-hydroxylation sites is 1. The molecule has 0 saturated carbocycles. The van der Waals surface area contributed by atoms with Crippen molar-refractivity contribution in [1.29, 1.82) is 0 Å². The Morgan fingerprint density at radius 2 is 1.90 bits per heavy atom. The van der Waals surface area contributed by atoms with Crippen LogP contribution >= 0.6 is 11.8 Å². The molecule has 0 spiro atoms. The number of carbonyl (C=O) groups is 2. The molecule has 0 aliphatic carbocycles. The molecular weight excluding hydrogens is 416 g/mol. The van der Waals surface area contributed by atoms with Gasteiger partial charge in [-0.3, -0.25) is 9.36 Å². The number of hydrogen-bond donors (Lipinski definition) is 1. The number of rotatable bonds is 7. The molecule has 3 aromatic heterocycles. The number of thioether (sulfide) groups is 1. The van der Waals surface area contributed by atoms with Crippen molar-refractivity contribution >= 4 is 23.5 Å². The summed E-state index contributed by atoms with van der Waals surface area (Å²) in [4.78, 5) is 27.9. The molecule has 0 bridgehead atoms. The molecule has 3 heterocycles. The van der Waals surface area contributed by atoms with E-state index in [-0.39, 0.29) is 11.5 Å². The van der Waals surface area contributed by atoms with E-state index in [0.29, 0.717) is 39.3 Å². The highest BCUT2D eigenvalue weighted by molar-refractivity contribution is 7.99. The van der Waals surface area contributed by atoms with E-state index in [2.05, 4.69) is 15.2 Å². The number of aromatic amines is 1. The molecule has 8 nitrogen and oxygen atoms in total. The smallest absolute Gasteiger partial charge is 0.339 e. The van der Waals surface area contributed by atoms with Crippen LogP contribution in [0.25, 0.3) is 17.3 Å². The van der Waals surface area contributed by atoms with Crippen molar-refractivity contribution in [2.45, 2.75) is 19.0 Å². The van der Waals surface area contributed by atoms with Crippen molar-refractivity contribution in [3.05, 3.63) is 71.2 Å². The van der Waals surface area contributed by atoms with Crippen molar-refractivity contribution in [1.82, 2.24) is 19.7 Å². The summed E-state index contributed by atoms with van der Waals surface area (Å²) in [5.41, 5.74) is 2.82. The normalized spacial score (nSPS) is 10.9. The number of methoxy groups -OCH3 is 1. The average molecular weight is 436 g/mol. The lowest BCUT2D eigenvalue weighted by molar-refractivity contribution is 0.0599. The number of aryl methyl sites for hydroxylation is 1. The summed E-state index contributed by atoms with van der Waals surface area (Å²) in [6, 6.07) is 13.2. The first-order valence-corrected chi connectivity index (χ1v) is 10.5. The van der Waals surface area contributed by atoms with Crippen LogP contribution in [0.3, 0.4) is 0 Å². The van der Waals surface area contributed by atoms with Gasteiger partial charge in [-0.05, 0) is 43.7 Å². The molecule has 0 aliphatic heterocycles. The van der Waals surface area contributed by atoms with E-state index in [9.17, 15) is 9.59 Å². The number of ether oxygens (including phenoxy) is 1. The maximum atomic E-state index is 12.9. The molecule has 1 N–H and O–H groups in total. The maximum absolute atomic E-state index is 12.9. The highest BCUT2D eigenvalue weighted by Crippen LogP contribution is 2.29. The molecule has 0 radical (unpaired) electrons. The Labute approximate surface area is 182 Å². The van der Waals surface area contributed by atoms with E-state index >= 15 is 0 Å². The Kier molecular flexibility index (Phi) is 5.77. The minimum absolute atomic E-state index is 0.116. The monoisotopic (exact) mass is 436 g/mol. The molecule has 0 fully saturated rings. The molecule has 9 heteroatoms. The quantitative estimate of drug-likeness (QED) is 0.263. The number of ketones is 1. The second-order valence-corrected chi connectivity index (χ2v) is 7.73. The van der Waals surface area contributed by atoms with Crippen molar-refractivity contribution in [3.63, 3.8) is 0 Å². The summed E-state index contributed by atoms with van der Waals surface area (Å²) in [7, 11) is 1.32. The zero-order valence-corrected chi connectivity index (χ0v) is 18.0. The van der Waals surface area contributed by atoms with Gasteiger partial charge < -0.3 is 14.1 Å². The Morgan fingerprint density at radius 3 is 2.58 bits per heavy atom. The van der Waals surface area contributed by atoms with Gasteiger partial charge in [0.25, 0.3) is 0 Å². The second-order valence-electron chi connectivity index (χ2n) is 6.78. The van der Waals surface area contributed by atoms with Crippen molar-refractivity contribution in [3.8, 4) is 17.3 Å². The minimum atomic E-state index is -0.468. The SMILES string of the molecule is COC(=O)c1c(C)[nH]c(C(=O)CSc2nnc(-c3ccco3)n2-c2ccccc2)c1C. The topological polar surface area (TPSA) is 103 Å². The van der Waals surface area contributed by atoms with Gasteiger partial charge in [-0.15, -0.1) is 10.2 Å². The van der Waals surface area contributed by atoms with Gasteiger partial charge in [0, 0.05) is 11.4 Å². The second kappa shape index (κ2) is 8.65. The van der Waals surface area contributed by atoms with Gasteiger partial charge in [0.05, 0.1) is 30.4 Å². The van der Waals surface area contributed by atoms with Crippen LogP contribution in [0.2, 0.25) is 0 Å². The van der Waals surface area contributed by atoms with Crippen molar-refractivity contribution < 1.29 is 18.7 Å². The molecule has 1 aromatic carbocycles. The van der Waals surface area contributed by atoms with Crippen LogP contribution in [0.4, 0.5) is 0 Å². The number of furan rings is 1. The number of esters is 1. The summed E-state index contributed by atoms with van der Waals surface area (Å²) >= 11 is 1.26. The Morgan fingerprint density at radius 1 is 1.13 bits per heavy atom. The lowest BCUT2D eigenvalue weighted by Gasteiger charge is -2.08. The van der Waals surface area contributed by atoms with E-state index in [1.807, 2.05) is 41.0 Å². The molecule has 0 amide bonds. The highest BCUT2D eigenvalue weighted by Gasteiger charge is 2.24. The molecule has 0 atom stereocenters. The van der Waals surface area contributed by atoms with Gasteiger partial charge in [0.2, 0.25) is 5.82 Å². The summed E-state index contributed by atoms with van der Waals surface area (Å²) in [6.45, 7) is 3.47. The first-order valence-electron chi connectivity index (χ1n) is 9.49. The van der Waals surface area contributed by atoms with E-state index in [0.717, 1.165) is 5.69 Å². The number of Topliss-reactive ketones (excluding diaryl/α,β-unsaturated/α-hetero) is 1. The van der Waals surface area contributed by atoms with Crippen LogP contribution < -0.4 is 0 Å². The van der Waals surface area contributed by atoms with Gasteiger partial charge in [0.15, 0.2) is 16.7 Å². The zero-order valence-electron chi connectivity index (χ0n) is 17.2. The number of nitrogens with one attached hydrogen (secondary N) is 1. The Bertz CT molecular complexity index is 1230. The molecule has 31 heavy (non-hydrogen) atoms. The molecular formula is C22H20N4O4S. The largest absolute Gasteiger partial charge is 0.465 e. The third-order valence-electron chi connectivity index (χ3n) is 4.83. The molecule has 4 aromatic rings. The van der Waals surface area contributed by atoms with Crippen LogP contribution in [-0.2, 0) is 4.74 Å². The summed E-state index contributed by atoms with van der Waals surface area (Å²) in [5.74, 6) is 0.622. The van der Waals surface area contributed by atoms with Crippen LogP contribution in [0.5, 0.6) is 0 Å². The fraction of sp³-hybridized carbons (Fsp3) is 0.182. The Hall–Kier alpha value is -3.59. The average Bonchev–Trinajstić information content (AvgIpc) is 3.51. The van der Waals surface area contributed by atoms with Crippen molar-refractivity contribution in [2.24, 2.45) is 0 Å². The zero-order chi connectivity index (χ0) is 22.0. The lowest BCUT2D eigenvalue weighted by Crippen LogP contribution is -2.08. The van der Waals surface area contributed by atoms with Gasteiger partial charge in [-0.1, -0.05) is 30.0 Å². The lowest BCUT2D eigenvalue weighted by atomic mass is 10.1. The Balaban J connectivity index is 1.63.